The highest BCUT2D eigenvalue weighted by atomic mass is 35.5. The molecule has 0 unspecified atom stereocenters. The Morgan fingerprint density at radius 3 is 2.58 bits per heavy atom. The zero-order chi connectivity index (χ0) is 13.9. The molecule has 0 N–H and O–H groups in total. The van der Waals surface area contributed by atoms with Gasteiger partial charge in [0.2, 0.25) is 0 Å². The normalized spacial score (nSPS) is 17.4. The number of nitrogens with zero attached hydrogens (tertiary/aromatic N) is 1. The van der Waals surface area contributed by atoms with E-state index < -0.39 is 10.0 Å². The van der Waals surface area contributed by atoms with Crippen LogP contribution in [0.1, 0.15) is 37.5 Å². The molecule has 3 nitrogen and oxygen atoms in total. The van der Waals surface area contributed by atoms with Crippen molar-refractivity contribution in [3.63, 3.8) is 0 Å². The van der Waals surface area contributed by atoms with E-state index in [0.29, 0.717) is 16.6 Å². The summed E-state index contributed by atoms with van der Waals surface area (Å²) < 4.78 is 27.5. The highest BCUT2D eigenvalue weighted by molar-refractivity contribution is 7.91. The van der Waals surface area contributed by atoms with Crippen LogP contribution in [0.5, 0.6) is 0 Å². The average molecular weight is 322 g/mol. The number of hydrogen-bond donors (Lipinski definition) is 0. The molecule has 6 heteroatoms. The molecule has 1 heterocycles. The van der Waals surface area contributed by atoms with Crippen LogP contribution >= 0.6 is 22.9 Å². The van der Waals surface area contributed by atoms with Crippen molar-refractivity contribution in [1.29, 1.82) is 0 Å². The van der Waals surface area contributed by atoms with Gasteiger partial charge in [0.15, 0.2) is 0 Å². The van der Waals surface area contributed by atoms with Crippen LogP contribution in [0.4, 0.5) is 0 Å². The Balaban J connectivity index is 2.27. The van der Waals surface area contributed by atoms with Crippen molar-refractivity contribution in [3.8, 4) is 0 Å². The molecule has 0 aromatic carbocycles. The molecule has 2 rings (SSSR count). The summed E-state index contributed by atoms with van der Waals surface area (Å²) in [4.78, 5) is 1.11. The number of hydrogen-bond acceptors (Lipinski definition) is 3. The number of thiophene rings is 1. The highest BCUT2D eigenvalue weighted by Crippen LogP contribution is 2.31. The van der Waals surface area contributed by atoms with Crippen molar-refractivity contribution in [1.82, 2.24) is 4.31 Å². The van der Waals surface area contributed by atoms with E-state index in [1.54, 1.807) is 10.4 Å². The molecule has 0 saturated heterocycles. The number of halogens is 1. The van der Waals surface area contributed by atoms with Gasteiger partial charge in [-0.05, 0) is 31.4 Å². The first kappa shape index (κ1) is 15.3. The van der Waals surface area contributed by atoms with Crippen LogP contribution in [0.25, 0.3) is 0 Å². The van der Waals surface area contributed by atoms with E-state index in [9.17, 15) is 8.42 Å². The van der Waals surface area contributed by atoms with Gasteiger partial charge >= 0.3 is 0 Å². The second-order valence-electron chi connectivity index (χ2n) is 4.82. The van der Waals surface area contributed by atoms with E-state index in [1.807, 2.05) is 13.0 Å². The standard InChI is InChI=1S/C13H20ClNO2S2/c1-2-12-7-8-13(18-12)19(16,17)15(10-9-14)11-5-3-4-6-11/h7-8,11H,2-6,9-10H2,1H3. The predicted molar refractivity (Wildman–Crippen MR) is 80.6 cm³/mol. The van der Waals surface area contributed by atoms with Gasteiger partial charge in [0, 0.05) is 23.3 Å². The van der Waals surface area contributed by atoms with Crippen LogP contribution < -0.4 is 0 Å². The summed E-state index contributed by atoms with van der Waals surface area (Å²) in [6.45, 7) is 2.45. The molecule has 1 aliphatic rings. The molecule has 0 spiro atoms. The summed E-state index contributed by atoms with van der Waals surface area (Å²) in [6, 6.07) is 3.77. The van der Waals surface area contributed by atoms with E-state index in [-0.39, 0.29) is 6.04 Å². The topological polar surface area (TPSA) is 37.4 Å². The molecule has 0 radical (unpaired) electrons. The number of alkyl halides is 1. The summed E-state index contributed by atoms with van der Waals surface area (Å²) >= 11 is 7.18. The molecular weight excluding hydrogens is 302 g/mol. The molecule has 108 valence electrons. The Bertz CT molecular complexity index is 506. The molecule has 1 aliphatic carbocycles. The maximum Gasteiger partial charge on any atom is 0.252 e. The van der Waals surface area contributed by atoms with Crippen molar-refractivity contribution >= 4 is 33.0 Å². The minimum atomic E-state index is -3.37. The van der Waals surface area contributed by atoms with Crippen LogP contribution in [-0.4, -0.2) is 31.2 Å². The van der Waals surface area contributed by atoms with Crippen LogP contribution in [-0.2, 0) is 16.4 Å². The van der Waals surface area contributed by atoms with E-state index in [2.05, 4.69) is 0 Å². The van der Waals surface area contributed by atoms with Crippen molar-refractivity contribution in [2.45, 2.75) is 49.3 Å². The molecule has 1 fully saturated rings. The van der Waals surface area contributed by atoms with Gasteiger partial charge in [0.05, 0.1) is 0 Å². The fourth-order valence-electron chi connectivity index (χ4n) is 2.58. The lowest BCUT2D eigenvalue weighted by Crippen LogP contribution is -2.39. The van der Waals surface area contributed by atoms with E-state index in [4.69, 9.17) is 11.6 Å². The van der Waals surface area contributed by atoms with Gasteiger partial charge in [0.1, 0.15) is 4.21 Å². The Labute approximate surface area is 124 Å². The van der Waals surface area contributed by atoms with Crippen molar-refractivity contribution in [3.05, 3.63) is 17.0 Å². The fourth-order valence-corrected chi connectivity index (χ4v) is 5.97. The Hall–Kier alpha value is -0.100. The molecule has 0 atom stereocenters. The van der Waals surface area contributed by atoms with Crippen molar-refractivity contribution in [2.24, 2.45) is 0 Å². The molecule has 0 aliphatic heterocycles. The van der Waals surface area contributed by atoms with Gasteiger partial charge in [-0.2, -0.15) is 4.31 Å². The van der Waals surface area contributed by atoms with Crippen molar-refractivity contribution in [2.75, 3.05) is 12.4 Å². The molecule has 1 saturated carbocycles. The van der Waals surface area contributed by atoms with E-state index in [0.717, 1.165) is 37.0 Å². The SMILES string of the molecule is CCc1ccc(S(=O)(=O)N(CCCl)C2CCCC2)s1. The summed E-state index contributed by atoms with van der Waals surface area (Å²) in [5.74, 6) is 0.349. The zero-order valence-corrected chi connectivity index (χ0v) is 13.5. The van der Waals surface area contributed by atoms with Gasteiger partial charge in [-0.3, -0.25) is 0 Å². The van der Waals surface area contributed by atoms with Gasteiger partial charge in [-0.15, -0.1) is 22.9 Å². The number of sulfonamides is 1. The second-order valence-corrected chi connectivity index (χ2v) is 8.48. The van der Waals surface area contributed by atoms with Crippen LogP contribution in [0.15, 0.2) is 16.3 Å². The first-order chi connectivity index (χ1) is 9.09. The molecular formula is C13H20ClNO2S2. The van der Waals surface area contributed by atoms with E-state index in [1.165, 1.54) is 11.3 Å². The van der Waals surface area contributed by atoms with Crippen LogP contribution in [0.2, 0.25) is 0 Å². The minimum Gasteiger partial charge on any atom is -0.206 e. The third-order valence-electron chi connectivity index (χ3n) is 3.59. The Kier molecular flexibility index (Phi) is 5.29. The number of rotatable bonds is 6. The van der Waals surface area contributed by atoms with Gasteiger partial charge in [-0.25, -0.2) is 8.42 Å². The smallest absolute Gasteiger partial charge is 0.206 e. The summed E-state index contributed by atoms with van der Waals surface area (Å²) in [6.07, 6.45) is 5.02. The summed E-state index contributed by atoms with van der Waals surface area (Å²) in [5, 5.41) is 0. The first-order valence-corrected chi connectivity index (χ1v) is 9.55. The average Bonchev–Trinajstić information content (AvgIpc) is 3.06. The van der Waals surface area contributed by atoms with Gasteiger partial charge < -0.3 is 0 Å². The van der Waals surface area contributed by atoms with Gasteiger partial charge in [-0.1, -0.05) is 19.8 Å². The maximum absolute atomic E-state index is 12.7. The molecule has 0 bridgehead atoms. The highest BCUT2D eigenvalue weighted by Gasteiger charge is 2.33. The zero-order valence-electron chi connectivity index (χ0n) is 11.1. The number of aryl methyl sites for hydroxylation is 1. The monoisotopic (exact) mass is 321 g/mol. The Morgan fingerprint density at radius 2 is 2.05 bits per heavy atom. The second kappa shape index (κ2) is 6.57. The van der Waals surface area contributed by atoms with Gasteiger partial charge in [0.25, 0.3) is 10.0 Å². The summed E-state index contributed by atoms with van der Waals surface area (Å²) in [5.41, 5.74) is 0. The third kappa shape index (κ3) is 3.32. The largest absolute Gasteiger partial charge is 0.252 e. The minimum absolute atomic E-state index is 0.135. The van der Waals surface area contributed by atoms with Crippen LogP contribution in [0.3, 0.4) is 0 Å². The third-order valence-corrected chi connectivity index (χ3v) is 7.40. The predicted octanol–water partition coefficient (Wildman–Crippen LogP) is 3.48. The summed E-state index contributed by atoms with van der Waals surface area (Å²) in [7, 11) is -3.37. The molecule has 19 heavy (non-hydrogen) atoms. The lowest BCUT2D eigenvalue weighted by Gasteiger charge is -2.26. The lowest BCUT2D eigenvalue weighted by atomic mass is 10.2. The maximum atomic E-state index is 12.7. The Morgan fingerprint density at radius 1 is 1.37 bits per heavy atom. The van der Waals surface area contributed by atoms with Crippen molar-refractivity contribution < 1.29 is 8.42 Å². The molecule has 0 amide bonds. The fraction of sp³-hybridized carbons (Fsp3) is 0.692. The quantitative estimate of drug-likeness (QED) is 0.752. The van der Waals surface area contributed by atoms with Crippen LogP contribution in [0, 0.1) is 0 Å². The molecule has 1 aromatic heterocycles. The first-order valence-electron chi connectivity index (χ1n) is 6.76. The van der Waals surface area contributed by atoms with E-state index >= 15 is 0 Å². The lowest BCUT2D eigenvalue weighted by molar-refractivity contribution is 0.337. The molecule has 1 aromatic rings.